The summed E-state index contributed by atoms with van der Waals surface area (Å²) in [6.07, 6.45) is 1.35. The van der Waals surface area contributed by atoms with Crippen molar-refractivity contribution in [1.82, 2.24) is 24.5 Å². The molecule has 0 amide bonds. The van der Waals surface area contributed by atoms with Gasteiger partial charge in [0.25, 0.3) is 0 Å². The number of methoxy groups -OCH3 is 1. The predicted octanol–water partition coefficient (Wildman–Crippen LogP) is 4.60. The number of rotatable bonds is 6. The summed E-state index contributed by atoms with van der Waals surface area (Å²) in [5.41, 5.74) is 0.585. The first-order valence-electron chi connectivity index (χ1n) is 12.2. The number of ether oxygens (including phenoxy) is 1. The van der Waals surface area contributed by atoms with Crippen molar-refractivity contribution in [2.45, 2.75) is 51.2 Å². The van der Waals surface area contributed by atoms with Gasteiger partial charge >= 0.3 is 6.18 Å². The molecule has 1 aliphatic heterocycles. The number of imidazole rings is 1. The van der Waals surface area contributed by atoms with Crippen LogP contribution in [0.5, 0.6) is 5.75 Å². The Morgan fingerprint density at radius 3 is 2.51 bits per heavy atom. The van der Waals surface area contributed by atoms with Gasteiger partial charge in [-0.1, -0.05) is 13.8 Å². The van der Waals surface area contributed by atoms with Crippen LogP contribution in [-0.4, -0.2) is 57.4 Å². The fraction of sp³-hybridized carbons (Fsp3) is 0.520. The van der Waals surface area contributed by atoms with Gasteiger partial charge in [-0.15, -0.1) is 0 Å². The Kier molecular flexibility index (Phi) is 4.97. The molecule has 2 aliphatic carbocycles. The first-order valence-corrected chi connectivity index (χ1v) is 12.2. The Hall–Kier alpha value is -3.57. The minimum atomic E-state index is -4.14. The number of hydrogen-bond acceptors (Lipinski definition) is 8. The number of nitrogens with zero attached hydrogens (tertiary/aromatic N) is 6. The van der Waals surface area contributed by atoms with Gasteiger partial charge in [0.15, 0.2) is 11.6 Å². The number of aryl methyl sites for hydroxylation is 1. The zero-order chi connectivity index (χ0) is 26.3. The van der Waals surface area contributed by atoms with Crippen LogP contribution in [-0.2, 0) is 5.41 Å². The van der Waals surface area contributed by atoms with Gasteiger partial charge in [0.1, 0.15) is 18.0 Å². The van der Waals surface area contributed by atoms with Gasteiger partial charge in [-0.05, 0) is 25.7 Å². The van der Waals surface area contributed by atoms with E-state index in [-0.39, 0.29) is 30.2 Å². The van der Waals surface area contributed by atoms with Gasteiger partial charge in [-0.2, -0.15) is 23.1 Å². The number of nitrogens with one attached hydrogen (secondary N) is 2. The summed E-state index contributed by atoms with van der Waals surface area (Å²) in [7, 11) is 3.35. The third-order valence-electron chi connectivity index (χ3n) is 8.04. The average Bonchev–Trinajstić information content (AvgIpc) is 3.08. The zero-order valence-electron chi connectivity index (χ0n) is 21.3. The van der Waals surface area contributed by atoms with Crippen molar-refractivity contribution in [3.8, 4) is 11.6 Å². The molecule has 12 heteroatoms. The SMILES string of the molecule is CNc1nc(Nc2cnc(-n3cnc(C)c3)c(OC)c2)nc2c1C(C)(C)CN2C1CC2(C(F)(F)F)CC12. The van der Waals surface area contributed by atoms with E-state index >= 15 is 0 Å². The van der Waals surface area contributed by atoms with Crippen LogP contribution in [0.3, 0.4) is 0 Å². The van der Waals surface area contributed by atoms with Crippen LogP contribution in [0.4, 0.5) is 36.4 Å². The maximum absolute atomic E-state index is 13.6. The Bertz CT molecular complexity index is 1390. The quantitative estimate of drug-likeness (QED) is 0.493. The van der Waals surface area contributed by atoms with Gasteiger partial charge in [0.05, 0.1) is 30.1 Å². The number of halogens is 3. The van der Waals surface area contributed by atoms with Crippen LogP contribution in [0.15, 0.2) is 24.8 Å². The molecule has 3 aliphatic rings. The summed E-state index contributed by atoms with van der Waals surface area (Å²) < 4.78 is 48.1. The van der Waals surface area contributed by atoms with Crippen molar-refractivity contribution in [3.63, 3.8) is 0 Å². The van der Waals surface area contributed by atoms with Crippen molar-refractivity contribution in [2.75, 3.05) is 36.2 Å². The maximum Gasteiger partial charge on any atom is 0.394 e. The highest BCUT2D eigenvalue weighted by Crippen LogP contribution is 2.76. The molecule has 3 aromatic rings. The largest absolute Gasteiger partial charge is 0.493 e. The van der Waals surface area contributed by atoms with Crippen molar-refractivity contribution in [3.05, 3.63) is 36.0 Å². The Morgan fingerprint density at radius 1 is 1.14 bits per heavy atom. The molecule has 0 bridgehead atoms. The smallest absolute Gasteiger partial charge is 0.394 e. The minimum Gasteiger partial charge on any atom is -0.493 e. The van der Waals surface area contributed by atoms with Crippen LogP contribution in [0.2, 0.25) is 0 Å². The van der Waals surface area contributed by atoms with Gasteiger partial charge < -0.3 is 20.3 Å². The molecule has 6 rings (SSSR count). The topological polar surface area (TPSA) is 93.0 Å². The first kappa shape index (κ1) is 23.8. The molecule has 4 heterocycles. The summed E-state index contributed by atoms with van der Waals surface area (Å²) in [6, 6.07) is 1.62. The molecule has 3 atom stereocenters. The summed E-state index contributed by atoms with van der Waals surface area (Å²) in [4.78, 5) is 20.3. The molecule has 3 aromatic heterocycles. The second-order valence-electron chi connectivity index (χ2n) is 10.9. The van der Waals surface area contributed by atoms with Crippen LogP contribution < -0.4 is 20.3 Å². The number of alkyl halides is 3. The van der Waals surface area contributed by atoms with E-state index in [1.165, 1.54) is 0 Å². The Morgan fingerprint density at radius 2 is 1.92 bits per heavy atom. The lowest BCUT2D eigenvalue weighted by molar-refractivity contribution is -0.211. The van der Waals surface area contributed by atoms with E-state index in [2.05, 4.69) is 44.3 Å². The number of fused-ring (bicyclic) bond motifs is 2. The summed E-state index contributed by atoms with van der Waals surface area (Å²) in [5, 5.41) is 6.37. The van der Waals surface area contributed by atoms with Crippen molar-refractivity contribution in [1.29, 1.82) is 0 Å². The van der Waals surface area contributed by atoms with Gasteiger partial charge in [0.2, 0.25) is 5.95 Å². The third-order valence-corrected chi connectivity index (χ3v) is 8.04. The van der Waals surface area contributed by atoms with Gasteiger partial charge in [0, 0.05) is 42.9 Å². The Balaban J connectivity index is 1.32. The molecule has 0 spiro atoms. The van der Waals surface area contributed by atoms with Crippen molar-refractivity contribution >= 4 is 23.3 Å². The highest BCUT2D eigenvalue weighted by atomic mass is 19.4. The predicted molar refractivity (Wildman–Crippen MR) is 133 cm³/mol. The normalized spacial score (nSPS) is 25.2. The molecule has 196 valence electrons. The molecule has 0 saturated heterocycles. The maximum atomic E-state index is 13.6. The monoisotopic (exact) mass is 514 g/mol. The van der Waals surface area contributed by atoms with E-state index in [1.807, 2.05) is 13.1 Å². The number of hydrogen-bond donors (Lipinski definition) is 2. The lowest BCUT2D eigenvalue weighted by Crippen LogP contribution is -2.51. The third kappa shape index (κ3) is 3.51. The summed E-state index contributed by atoms with van der Waals surface area (Å²) in [6.45, 7) is 6.65. The van der Waals surface area contributed by atoms with E-state index in [9.17, 15) is 13.2 Å². The fourth-order valence-electron chi connectivity index (χ4n) is 6.08. The fourth-order valence-corrected chi connectivity index (χ4v) is 6.08. The summed E-state index contributed by atoms with van der Waals surface area (Å²) in [5.74, 6) is 2.43. The first-order chi connectivity index (χ1) is 17.5. The van der Waals surface area contributed by atoms with Gasteiger partial charge in [-0.25, -0.2) is 9.97 Å². The summed E-state index contributed by atoms with van der Waals surface area (Å²) >= 11 is 0. The minimum absolute atomic E-state index is 0.120. The van der Waals surface area contributed by atoms with E-state index in [0.29, 0.717) is 41.4 Å². The average molecular weight is 515 g/mol. The molecule has 9 nitrogen and oxygen atoms in total. The van der Waals surface area contributed by atoms with Crippen LogP contribution in [0, 0.1) is 18.3 Å². The molecule has 37 heavy (non-hydrogen) atoms. The molecule has 0 aromatic carbocycles. The Labute approximate surface area is 212 Å². The highest BCUT2D eigenvalue weighted by molar-refractivity contribution is 5.71. The molecular formula is C25H29F3N8O. The number of aromatic nitrogens is 5. The molecule has 0 radical (unpaired) electrons. The van der Waals surface area contributed by atoms with E-state index in [1.54, 1.807) is 37.3 Å². The van der Waals surface area contributed by atoms with Crippen molar-refractivity contribution < 1.29 is 17.9 Å². The number of pyridine rings is 1. The van der Waals surface area contributed by atoms with Gasteiger partial charge in [-0.3, -0.25) is 4.57 Å². The van der Waals surface area contributed by atoms with E-state index in [4.69, 9.17) is 9.72 Å². The van der Waals surface area contributed by atoms with E-state index < -0.39 is 11.6 Å². The molecular weight excluding hydrogens is 485 g/mol. The molecule has 2 saturated carbocycles. The molecule has 2 N–H and O–H groups in total. The van der Waals surface area contributed by atoms with Crippen LogP contribution in [0.1, 0.15) is 37.9 Å². The second-order valence-corrected chi connectivity index (χ2v) is 10.9. The molecule has 3 unspecified atom stereocenters. The highest BCUT2D eigenvalue weighted by Gasteiger charge is 2.80. The lowest BCUT2D eigenvalue weighted by atomic mass is 9.78. The lowest BCUT2D eigenvalue weighted by Gasteiger charge is -2.42. The standard InChI is InChI=1S/C25H29F3N8O/c1-13-10-35(12-31-13)20-17(37-5)6-14(9-30-20)32-22-33-19(29-4)18-21(34-22)36(11-23(18,2)3)16-8-24(7-15(16)24)25(26,27)28/h6,9-10,12,15-16H,7-8,11H2,1-5H3,(H2,29,32,33,34). The zero-order valence-corrected chi connectivity index (χ0v) is 21.3. The van der Waals surface area contributed by atoms with Crippen LogP contribution >= 0.6 is 0 Å². The second kappa shape index (κ2) is 7.72. The van der Waals surface area contributed by atoms with Crippen molar-refractivity contribution in [2.24, 2.45) is 11.3 Å². The van der Waals surface area contributed by atoms with E-state index in [0.717, 1.165) is 11.3 Å². The molecule has 2 fully saturated rings. The van der Waals surface area contributed by atoms with Crippen LogP contribution in [0.25, 0.3) is 5.82 Å². The number of anilines is 4.